The summed E-state index contributed by atoms with van der Waals surface area (Å²) in [6, 6.07) is 7.28. The highest BCUT2D eigenvalue weighted by atomic mass is 16.6. The van der Waals surface area contributed by atoms with Crippen LogP contribution in [0.3, 0.4) is 0 Å². The molecule has 0 radical (unpaired) electrons. The molecule has 1 aromatic rings. The van der Waals surface area contributed by atoms with Crippen LogP contribution in [0.1, 0.15) is 32.3 Å². The highest BCUT2D eigenvalue weighted by molar-refractivity contribution is 5.76. The molecule has 2 rings (SSSR count). The van der Waals surface area contributed by atoms with Gasteiger partial charge in [-0.25, -0.2) is 4.79 Å². The van der Waals surface area contributed by atoms with Crippen LogP contribution < -0.4 is 4.74 Å². The van der Waals surface area contributed by atoms with Gasteiger partial charge >= 0.3 is 12.1 Å². The van der Waals surface area contributed by atoms with E-state index >= 15 is 0 Å². The van der Waals surface area contributed by atoms with Crippen LogP contribution in [0.5, 0.6) is 5.75 Å². The van der Waals surface area contributed by atoms with Crippen molar-refractivity contribution >= 4 is 12.1 Å². The number of benzene rings is 1. The van der Waals surface area contributed by atoms with E-state index in [1.165, 1.54) is 4.90 Å². The first kappa shape index (κ1) is 17.1. The van der Waals surface area contributed by atoms with Crippen LogP contribution >= 0.6 is 0 Å². The predicted octanol–water partition coefficient (Wildman–Crippen LogP) is 2.73. The fourth-order valence-corrected chi connectivity index (χ4v) is 2.72. The van der Waals surface area contributed by atoms with Crippen molar-refractivity contribution in [1.29, 1.82) is 0 Å². The molecule has 1 heterocycles. The van der Waals surface area contributed by atoms with Gasteiger partial charge in [0.15, 0.2) is 0 Å². The van der Waals surface area contributed by atoms with E-state index in [4.69, 9.17) is 9.47 Å². The second-order valence-electron chi connectivity index (χ2n) is 6.71. The minimum absolute atomic E-state index is 0.154. The highest BCUT2D eigenvalue weighted by Crippen LogP contribution is 2.34. The first-order chi connectivity index (χ1) is 10.7. The average Bonchev–Trinajstić information content (AvgIpc) is 2.91. The van der Waals surface area contributed by atoms with Gasteiger partial charge in [-0.1, -0.05) is 12.1 Å². The maximum atomic E-state index is 12.2. The van der Waals surface area contributed by atoms with Gasteiger partial charge in [-0.3, -0.25) is 4.79 Å². The Balaban J connectivity index is 2.17. The van der Waals surface area contributed by atoms with Gasteiger partial charge in [-0.2, -0.15) is 0 Å². The number of nitrogens with zero attached hydrogens (tertiary/aromatic N) is 1. The van der Waals surface area contributed by atoms with Crippen molar-refractivity contribution in [3.8, 4) is 5.75 Å². The number of amides is 1. The Morgan fingerprint density at radius 3 is 2.26 bits per heavy atom. The molecule has 1 aliphatic heterocycles. The second-order valence-corrected chi connectivity index (χ2v) is 6.71. The Morgan fingerprint density at radius 2 is 1.78 bits per heavy atom. The normalized spacial score (nSPS) is 21.1. The largest absolute Gasteiger partial charge is 0.497 e. The first-order valence-electron chi connectivity index (χ1n) is 7.56. The number of ether oxygens (including phenoxy) is 2. The van der Waals surface area contributed by atoms with Crippen LogP contribution in [-0.2, 0) is 9.53 Å². The molecule has 1 aromatic carbocycles. The fraction of sp³-hybridized carbons (Fsp3) is 0.529. The predicted molar refractivity (Wildman–Crippen MR) is 84.7 cm³/mol. The lowest BCUT2D eigenvalue weighted by molar-refractivity contribution is -0.141. The Labute approximate surface area is 136 Å². The molecule has 0 aliphatic carbocycles. The molecular weight excluding hydrogens is 298 g/mol. The molecule has 0 aromatic heterocycles. The molecule has 2 atom stereocenters. The van der Waals surface area contributed by atoms with Gasteiger partial charge in [0.2, 0.25) is 0 Å². The van der Waals surface area contributed by atoms with E-state index in [1.807, 2.05) is 12.1 Å². The molecule has 0 unspecified atom stereocenters. The summed E-state index contributed by atoms with van der Waals surface area (Å²) in [7, 11) is 1.58. The zero-order chi connectivity index (χ0) is 17.2. The summed E-state index contributed by atoms with van der Waals surface area (Å²) in [5.41, 5.74) is 0.276. The molecule has 23 heavy (non-hydrogen) atoms. The van der Waals surface area contributed by atoms with E-state index in [-0.39, 0.29) is 12.5 Å². The molecule has 1 amide bonds. The molecule has 6 nitrogen and oxygen atoms in total. The lowest BCUT2D eigenvalue weighted by Gasteiger charge is -2.24. The van der Waals surface area contributed by atoms with E-state index in [1.54, 1.807) is 40.0 Å². The molecule has 0 spiro atoms. The minimum Gasteiger partial charge on any atom is -0.497 e. The molecule has 1 saturated heterocycles. The van der Waals surface area contributed by atoms with Gasteiger partial charge in [0.25, 0.3) is 0 Å². The van der Waals surface area contributed by atoms with E-state index in [0.29, 0.717) is 12.3 Å². The van der Waals surface area contributed by atoms with Crippen molar-refractivity contribution in [1.82, 2.24) is 4.90 Å². The molecule has 1 N–H and O–H groups in total. The molecule has 1 fully saturated rings. The van der Waals surface area contributed by atoms with Crippen LogP contribution in [0.2, 0.25) is 0 Å². The molecular formula is C17H23NO5. The Hall–Kier alpha value is -2.24. The summed E-state index contributed by atoms with van der Waals surface area (Å²) in [5, 5.41) is 9.47. The minimum atomic E-state index is -0.906. The number of carbonyl (C=O) groups is 2. The zero-order valence-electron chi connectivity index (χ0n) is 13.9. The van der Waals surface area contributed by atoms with Crippen LogP contribution in [0.4, 0.5) is 4.79 Å². The molecule has 6 heteroatoms. The van der Waals surface area contributed by atoms with Gasteiger partial charge in [0.1, 0.15) is 11.4 Å². The molecule has 1 aliphatic rings. The van der Waals surface area contributed by atoms with Crippen molar-refractivity contribution in [2.75, 3.05) is 20.2 Å². The summed E-state index contributed by atoms with van der Waals surface area (Å²) in [4.78, 5) is 25.2. The monoisotopic (exact) mass is 321 g/mol. The number of hydrogen-bond acceptors (Lipinski definition) is 4. The van der Waals surface area contributed by atoms with Gasteiger partial charge < -0.3 is 19.5 Å². The summed E-state index contributed by atoms with van der Waals surface area (Å²) in [6.07, 6.45) is -0.472. The fourth-order valence-electron chi connectivity index (χ4n) is 2.72. The second kappa shape index (κ2) is 6.48. The van der Waals surface area contributed by atoms with Crippen LogP contribution in [0, 0.1) is 5.92 Å². The van der Waals surface area contributed by atoms with Gasteiger partial charge in [-0.05, 0) is 38.5 Å². The molecule has 0 saturated carbocycles. The molecule has 0 bridgehead atoms. The average molecular weight is 321 g/mol. The maximum absolute atomic E-state index is 12.2. The Bertz CT molecular complexity index is 576. The lowest BCUT2D eigenvalue weighted by atomic mass is 9.89. The maximum Gasteiger partial charge on any atom is 0.410 e. The lowest BCUT2D eigenvalue weighted by Crippen LogP contribution is -2.35. The van der Waals surface area contributed by atoms with Crippen LogP contribution in [-0.4, -0.2) is 47.9 Å². The standard InChI is InChI=1S/C17H23NO5/c1-17(2,3)23-16(21)18-9-13(14(10-18)15(19)20)11-5-7-12(22-4)8-6-11/h5-8,13-14H,9-10H2,1-4H3,(H,19,20)/t13-,14-/m0/s1. The van der Waals surface area contributed by atoms with Crippen molar-refractivity contribution in [3.05, 3.63) is 29.8 Å². The van der Waals surface area contributed by atoms with Crippen molar-refractivity contribution in [2.45, 2.75) is 32.3 Å². The highest BCUT2D eigenvalue weighted by Gasteiger charge is 2.41. The quantitative estimate of drug-likeness (QED) is 0.926. The number of carboxylic acids is 1. The topological polar surface area (TPSA) is 76.1 Å². The third-order valence-electron chi connectivity index (χ3n) is 3.83. The number of rotatable bonds is 3. The van der Waals surface area contributed by atoms with Crippen molar-refractivity contribution in [2.24, 2.45) is 5.92 Å². The van der Waals surface area contributed by atoms with Crippen molar-refractivity contribution < 1.29 is 24.2 Å². The van der Waals surface area contributed by atoms with E-state index in [9.17, 15) is 14.7 Å². The summed E-state index contributed by atoms with van der Waals surface area (Å²) >= 11 is 0. The number of likely N-dealkylation sites (tertiary alicyclic amines) is 1. The van der Waals surface area contributed by atoms with Crippen LogP contribution in [0.25, 0.3) is 0 Å². The molecule has 126 valence electrons. The van der Waals surface area contributed by atoms with E-state index in [2.05, 4.69) is 0 Å². The smallest absolute Gasteiger partial charge is 0.410 e. The number of carbonyl (C=O) groups excluding carboxylic acids is 1. The van der Waals surface area contributed by atoms with Gasteiger partial charge in [-0.15, -0.1) is 0 Å². The number of aliphatic carboxylic acids is 1. The van der Waals surface area contributed by atoms with Gasteiger partial charge in [0, 0.05) is 19.0 Å². The van der Waals surface area contributed by atoms with E-state index in [0.717, 1.165) is 5.56 Å². The Morgan fingerprint density at radius 1 is 1.17 bits per heavy atom. The zero-order valence-corrected chi connectivity index (χ0v) is 13.9. The number of methoxy groups -OCH3 is 1. The SMILES string of the molecule is COc1ccc([C@@H]2CN(C(=O)OC(C)(C)C)C[C@@H]2C(=O)O)cc1. The van der Waals surface area contributed by atoms with Crippen molar-refractivity contribution in [3.63, 3.8) is 0 Å². The number of hydrogen-bond donors (Lipinski definition) is 1. The van der Waals surface area contributed by atoms with Gasteiger partial charge in [0.05, 0.1) is 13.0 Å². The number of carboxylic acid groups (broad SMARTS) is 1. The summed E-state index contributed by atoms with van der Waals surface area (Å²) in [5.74, 6) is -1.10. The summed E-state index contributed by atoms with van der Waals surface area (Å²) in [6.45, 7) is 5.85. The van der Waals surface area contributed by atoms with Crippen LogP contribution in [0.15, 0.2) is 24.3 Å². The first-order valence-corrected chi connectivity index (χ1v) is 7.56. The Kier molecular flexibility index (Phi) is 4.82. The summed E-state index contributed by atoms with van der Waals surface area (Å²) < 4.78 is 10.5. The third kappa shape index (κ3) is 4.15. The third-order valence-corrected chi connectivity index (χ3v) is 3.83. The van der Waals surface area contributed by atoms with E-state index < -0.39 is 23.6 Å².